The molecule has 0 saturated heterocycles. The van der Waals surface area contributed by atoms with Gasteiger partial charge in [-0.25, -0.2) is 4.98 Å². The molecular formula is C26H33NO3. The number of para-hydroxylation sites is 1. The second-order valence-corrected chi connectivity index (χ2v) is 7.53. The zero-order valence-electron chi connectivity index (χ0n) is 18.4. The van der Waals surface area contributed by atoms with Crippen molar-refractivity contribution in [2.45, 2.75) is 53.1 Å². The van der Waals surface area contributed by atoms with E-state index in [1.165, 1.54) is 5.56 Å². The highest BCUT2D eigenvalue weighted by Gasteiger charge is 2.13. The van der Waals surface area contributed by atoms with Crippen LogP contribution in [0.15, 0.2) is 48.5 Å². The lowest BCUT2D eigenvalue weighted by molar-refractivity contribution is 0.138. The van der Waals surface area contributed by atoms with Gasteiger partial charge in [0.15, 0.2) is 0 Å². The molecule has 3 aromatic rings. The minimum absolute atomic E-state index is 0.416. The maximum Gasteiger partial charge on any atom is 0.133 e. The monoisotopic (exact) mass is 407 g/mol. The van der Waals surface area contributed by atoms with Crippen molar-refractivity contribution in [1.29, 1.82) is 0 Å². The van der Waals surface area contributed by atoms with Crippen LogP contribution in [0.5, 0.6) is 11.5 Å². The first-order valence-corrected chi connectivity index (χ1v) is 11.0. The van der Waals surface area contributed by atoms with Gasteiger partial charge in [-0.2, -0.15) is 0 Å². The molecule has 2 aromatic carbocycles. The smallest absolute Gasteiger partial charge is 0.133 e. The normalized spacial score (nSPS) is 11.0. The Bertz CT molecular complexity index is 921. The summed E-state index contributed by atoms with van der Waals surface area (Å²) in [6.07, 6.45) is 4.13. The minimum Gasteiger partial charge on any atom is -0.493 e. The number of rotatable bonds is 12. The Morgan fingerprint density at radius 3 is 2.40 bits per heavy atom. The number of ether oxygens (including phenoxy) is 3. The Morgan fingerprint density at radius 1 is 0.833 bits per heavy atom. The van der Waals surface area contributed by atoms with Crippen molar-refractivity contribution in [1.82, 2.24) is 4.98 Å². The Balaban J connectivity index is 1.68. The van der Waals surface area contributed by atoms with E-state index >= 15 is 0 Å². The summed E-state index contributed by atoms with van der Waals surface area (Å²) in [6, 6.07) is 16.4. The molecule has 160 valence electrons. The largest absolute Gasteiger partial charge is 0.493 e. The van der Waals surface area contributed by atoms with Crippen molar-refractivity contribution >= 4 is 10.9 Å². The number of fused-ring (bicyclic) bond motifs is 1. The van der Waals surface area contributed by atoms with Crippen LogP contribution in [0.3, 0.4) is 0 Å². The molecule has 0 aliphatic rings. The average Bonchev–Trinajstić information content (AvgIpc) is 2.78. The van der Waals surface area contributed by atoms with Gasteiger partial charge in [-0.1, -0.05) is 44.5 Å². The number of unbranched alkanes of at least 4 members (excludes halogenated alkanes) is 1. The van der Waals surface area contributed by atoms with Crippen LogP contribution < -0.4 is 9.47 Å². The third-order valence-electron chi connectivity index (χ3n) is 5.10. The van der Waals surface area contributed by atoms with Crippen LogP contribution in [-0.2, 0) is 17.8 Å². The average molecular weight is 408 g/mol. The highest BCUT2D eigenvalue weighted by Crippen LogP contribution is 2.31. The topological polar surface area (TPSA) is 40.6 Å². The summed E-state index contributed by atoms with van der Waals surface area (Å²) in [7, 11) is 0. The van der Waals surface area contributed by atoms with Gasteiger partial charge in [-0.3, -0.25) is 0 Å². The molecule has 4 nitrogen and oxygen atoms in total. The number of nitrogens with zero attached hydrogens (tertiary/aromatic N) is 1. The summed E-state index contributed by atoms with van der Waals surface area (Å²) in [6.45, 7) is 9.08. The van der Waals surface area contributed by atoms with E-state index in [9.17, 15) is 0 Å². The van der Waals surface area contributed by atoms with E-state index in [-0.39, 0.29) is 0 Å². The van der Waals surface area contributed by atoms with Gasteiger partial charge in [-0.05, 0) is 56.0 Å². The van der Waals surface area contributed by atoms with E-state index in [2.05, 4.69) is 39.0 Å². The molecular weight excluding hydrogens is 374 g/mol. The van der Waals surface area contributed by atoms with Crippen molar-refractivity contribution in [3.63, 3.8) is 0 Å². The van der Waals surface area contributed by atoms with Crippen LogP contribution >= 0.6 is 0 Å². The Labute approximate surface area is 180 Å². The lowest BCUT2D eigenvalue weighted by Crippen LogP contribution is -2.06. The molecule has 0 aliphatic carbocycles. The van der Waals surface area contributed by atoms with E-state index in [0.717, 1.165) is 79.2 Å². The van der Waals surface area contributed by atoms with E-state index in [0.29, 0.717) is 6.61 Å². The molecule has 0 atom stereocenters. The summed E-state index contributed by atoms with van der Waals surface area (Å²) in [5.74, 6) is 1.77. The quantitative estimate of drug-likeness (QED) is 0.332. The van der Waals surface area contributed by atoms with Crippen molar-refractivity contribution in [3.8, 4) is 11.5 Å². The van der Waals surface area contributed by atoms with E-state index in [1.807, 2.05) is 30.3 Å². The zero-order chi connectivity index (χ0) is 21.2. The molecule has 1 heterocycles. The lowest BCUT2D eigenvalue weighted by atomic mass is 10.1. The fraction of sp³-hybridized carbons (Fsp3) is 0.423. The number of aromatic nitrogens is 1. The van der Waals surface area contributed by atoms with Gasteiger partial charge in [0, 0.05) is 17.6 Å². The molecule has 0 amide bonds. The molecule has 0 aliphatic heterocycles. The van der Waals surface area contributed by atoms with Gasteiger partial charge >= 0.3 is 0 Å². The lowest BCUT2D eigenvalue weighted by Gasteiger charge is -2.16. The predicted molar refractivity (Wildman–Crippen MR) is 122 cm³/mol. The number of hydrogen-bond acceptors (Lipinski definition) is 4. The Hall–Kier alpha value is -2.59. The highest BCUT2D eigenvalue weighted by molar-refractivity contribution is 5.86. The number of pyridine rings is 1. The Morgan fingerprint density at radius 2 is 1.63 bits per heavy atom. The second-order valence-electron chi connectivity index (χ2n) is 7.53. The number of benzene rings is 2. The predicted octanol–water partition coefficient (Wildman–Crippen LogP) is 6.27. The summed E-state index contributed by atoms with van der Waals surface area (Å²) in [5.41, 5.74) is 4.16. The molecule has 0 saturated carbocycles. The van der Waals surface area contributed by atoms with Crippen molar-refractivity contribution in [2.75, 3.05) is 19.8 Å². The fourth-order valence-electron chi connectivity index (χ4n) is 3.31. The molecule has 30 heavy (non-hydrogen) atoms. The Kier molecular flexibility index (Phi) is 8.52. The molecule has 0 N–H and O–H groups in total. The SMILES string of the molecule is CCCCOc1c(C)c(COc2ccc(CCOCCC)cc2)nc2ccccc12. The maximum absolute atomic E-state index is 6.15. The summed E-state index contributed by atoms with van der Waals surface area (Å²) in [5, 5.41) is 1.06. The van der Waals surface area contributed by atoms with E-state index in [4.69, 9.17) is 19.2 Å². The third-order valence-corrected chi connectivity index (χ3v) is 5.10. The molecule has 0 unspecified atom stereocenters. The fourth-order valence-corrected chi connectivity index (χ4v) is 3.31. The van der Waals surface area contributed by atoms with Crippen LogP contribution in [0.1, 0.15) is 49.9 Å². The van der Waals surface area contributed by atoms with E-state index in [1.54, 1.807) is 0 Å². The van der Waals surface area contributed by atoms with Crippen molar-refractivity contribution in [3.05, 3.63) is 65.4 Å². The standard InChI is InChI=1S/C26H33NO3/c1-4-6-17-29-26-20(3)25(27-24-10-8-7-9-23(24)26)19-30-22-13-11-21(12-14-22)15-18-28-16-5-2/h7-14H,4-6,15-19H2,1-3H3. The van der Waals surface area contributed by atoms with Crippen LogP contribution in [-0.4, -0.2) is 24.8 Å². The third kappa shape index (κ3) is 5.96. The second kappa shape index (κ2) is 11.6. The van der Waals surface area contributed by atoms with Crippen molar-refractivity contribution in [2.24, 2.45) is 0 Å². The van der Waals surface area contributed by atoms with Gasteiger partial charge in [0.2, 0.25) is 0 Å². The molecule has 3 rings (SSSR count). The van der Waals surface area contributed by atoms with Gasteiger partial charge in [0.05, 0.1) is 24.4 Å². The highest BCUT2D eigenvalue weighted by atomic mass is 16.5. The summed E-state index contributed by atoms with van der Waals surface area (Å²) in [4.78, 5) is 4.83. The van der Waals surface area contributed by atoms with Gasteiger partial charge < -0.3 is 14.2 Å². The van der Waals surface area contributed by atoms with Gasteiger partial charge in [0.1, 0.15) is 18.1 Å². The first-order chi connectivity index (χ1) is 14.7. The first-order valence-electron chi connectivity index (χ1n) is 11.0. The van der Waals surface area contributed by atoms with Crippen LogP contribution in [0, 0.1) is 6.92 Å². The van der Waals surface area contributed by atoms with Crippen molar-refractivity contribution < 1.29 is 14.2 Å². The van der Waals surface area contributed by atoms with Crippen LogP contribution in [0.2, 0.25) is 0 Å². The van der Waals surface area contributed by atoms with E-state index < -0.39 is 0 Å². The first kappa shape index (κ1) is 22.1. The molecule has 0 fully saturated rings. The van der Waals surface area contributed by atoms with Gasteiger partial charge in [0.25, 0.3) is 0 Å². The molecule has 1 aromatic heterocycles. The summed E-state index contributed by atoms with van der Waals surface area (Å²) < 4.78 is 17.8. The zero-order valence-corrected chi connectivity index (χ0v) is 18.4. The molecule has 4 heteroatoms. The minimum atomic E-state index is 0.416. The molecule has 0 radical (unpaired) electrons. The maximum atomic E-state index is 6.15. The molecule has 0 spiro atoms. The number of hydrogen-bond donors (Lipinski definition) is 0. The van der Waals surface area contributed by atoms with Gasteiger partial charge in [-0.15, -0.1) is 0 Å². The van der Waals surface area contributed by atoms with Crippen LogP contribution in [0.25, 0.3) is 10.9 Å². The van der Waals surface area contributed by atoms with Crippen LogP contribution in [0.4, 0.5) is 0 Å². The summed E-state index contributed by atoms with van der Waals surface area (Å²) >= 11 is 0. The molecule has 0 bridgehead atoms.